The lowest BCUT2D eigenvalue weighted by Gasteiger charge is -2.49. The summed E-state index contributed by atoms with van der Waals surface area (Å²) in [4.78, 5) is 0. The van der Waals surface area contributed by atoms with Crippen LogP contribution >= 0.6 is 0 Å². The Bertz CT molecular complexity index is 784. The van der Waals surface area contributed by atoms with Gasteiger partial charge in [0.05, 0.1) is 12.1 Å². The van der Waals surface area contributed by atoms with Gasteiger partial charge < -0.3 is 10.6 Å². The molecule has 2 aliphatic carbocycles. The molecule has 2 bridgehead atoms. The number of nitrogens with one attached hydrogen (secondary N) is 2. The molecule has 3 fully saturated rings. The molecule has 0 radical (unpaired) electrons. The van der Waals surface area contributed by atoms with Gasteiger partial charge in [0.15, 0.2) is 0 Å². The molecule has 2 aromatic rings. The maximum absolute atomic E-state index is 4.15. The minimum atomic E-state index is 0.312. The van der Waals surface area contributed by atoms with Crippen LogP contribution in [-0.4, -0.2) is 12.1 Å². The highest BCUT2D eigenvalue weighted by molar-refractivity contribution is 5.32. The minimum absolute atomic E-state index is 0.312. The first-order chi connectivity index (χ1) is 12.5. The highest BCUT2D eigenvalue weighted by Gasteiger charge is 2.67. The second-order valence-electron chi connectivity index (χ2n) is 9.40. The first-order valence-corrected chi connectivity index (χ1v) is 10.1. The van der Waals surface area contributed by atoms with E-state index in [1.807, 2.05) is 0 Å². The van der Waals surface area contributed by atoms with Gasteiger partial charge in [-0.1, -0.05) is 81.4 Å². The first-order valence-electron chi connectivity index (χ1n) is 10.1. The molecule has 2 N–H and O–H groups in total. The van der Waals surface area contributed by atoms with Crippen molar-refractivity contribution in [3.63, 3.8) is 0 Å². The number of hydrogen-bond donors (Lipinski definition) is 2. The summed E-state index contributed by atoms with van der Waals surface area (Å²) < 4.78 is 0. The van der Waals surface area contributed by atoms with Crippen molar-refractivity contribution in [1.82, 2.24) is 10.6 Å². The Kier molecular flexibility index (Phi) is 3.61. The zero-order valence-electron chi connectivity index (χ0n) is 16.1. The highest BCUT2D eigenvalue weighted by Crippen LogP contribution is 2.66. The Labute approximate surface area is 157 Å². The van der Waals surface area contributed by atoms with E-state index in [0.29, 0.717) is 35.0 Å². The lowest BCUT2D eigenvalue weighted by Crippen LogP contribution is -2.62. The van der Waals surface area contributed by atoms with E-state index >= 15 is 0 Å². The Balaban J connectivity index is 1.58. The lowest BCUT2D eigenvalue weighted by molar-refractivity contribution is 0.0902. The molecular formula is C24H30N2. The number of piperazine rings is 1. The SMILES string of the molecule is CC1(C)[C@@H]2CC[C@@]1(C)[C@@H]1NC(c3ccccc3)C(c3ccccc3)N[C@H]21. The van der Waals surface area contributed by atoms with Gasteiger partial charge in [0, 0.05) is 12.1 Å². The van der Waals surface area contributed by atoms with Crippen molar-refractivity contribution >= 4 is 0 Å². The van der Waals surface area contributed by atoms with Crippen LogP contribution in [0.5, 0.6) is 0 Å². The standard InChI is InChI=1S/C24H30N2/c1-23(2)18-14-15-24(23,3)22-21(18)25-19(16-10-6-4-7-11-16)20(26-22)17-12-8-5-9-13-17/h4-13,18-22,25-26H,14-15H2,1-3H3/t18-,19?,20?,21-,22-,24+/m1/s1. The predicted octanol–water partition coefficient (Wildman–Crippen LogP) is 4.86. The van der Waals surface area contributed by atoms with Crippen LogP contribution in [0.3, 0.4) is 0 Å². The summed E-state index contributed by atoms with van der Waals surface area (Å²) in [6.45, 7) is 7.53. The van der Waals surface area contributed by atoms with Crippen molar-refractivity contribution in [3.05, 3.63) is 71.8 Å². The van der Waals surface area contributed by atoms with E-state index in [4.69, 9.17) is 0 Å². The van der Waals surface area contributed by atoms with Crippen molar-refractivity contribution in [2.45, 2.75) is 57.8 Å². The second-order valence-corrected chi connectivity index (χ2v) is 9.40. The van der Waals surface area contributed by atoms with E-state index in [1.54, 1.807) is 0 Å². The zero-order valence-corrected chi connectivity index (χ0v) is 16.1. The van der Waals surface area contributed by atoms with Gasteiger partial charge in [0.2, 0.25) is 0 Å². The van der Waals surface area contributed by atoms with E-state index in [-0.39, 0.29) is 0 Å². The van der Waals surface area contributed by atoms with Gasteiger partial charge in [0.1, 0.15) is 0 Å². The fourth-order valence-corrected chi connectivity index (χ4v) is 6.37. The van der Waals surface area contributed by atoms with Crippen LogP contribution in [0.1, 0.15) is 56.8 Å². The number of rotatable bonds is 2. The summed E-state index contributed by atoms with van der Waals surface area (Å²) in [5.41, 5.74) is 3.52. The fraction of sp³-hybridized carbons (Fsp3) is 0.500. The summed E-state index contributed by atoms with van der Waals surface area (Å²) in [7, 11) is 0. The van der Waals surface area contributed by atoms with E-state index in [1.165, 1.54) is 24.0 Å². The van der Waals surface area contributed by atoms with Crippen LogP contribution in [0, 0.1) is 16.7 Å². The maximum atomic E-state index is 4.15. The fourth-order valence-electron chi connectivity index (χ4n) is 6.37. The molecule has 2 aromatic carbocycles. The van der Waals surface area contributed by atoms with Crippen molar-refractivity contribution in [3.8, 4) is 0 Å². The van der Waals surface area contributed by atoms with Gasteiger partial charge >= 0.3 is 0 Å². The molecule has 0 amide bonds. The monoisotopic (exact) mass is 346 g/mol. The third-order valence-electron chi connectivity index (χ3n) is 8.23. The average Bonchev–Trinajstić information content (AvgIpc) is 3.01. The van der Waals surface area contributed by atoms with Gasteiger partial charge in [0.25, 0.3) is 0 Å². The summed E-state index contributed by atoms with van der Waals surface area (Å²) in [5, 5.41) is 8.28. The smallest absolute Gasteiger partial charge is 0.0521 e. The molecule has 0 aromatic heterocycles. The Morgan fingerprint density at radius 3 is 1.88 bits per heavy atom. The van der Waals surface area contributed by atoms with Gasteiger partial charge in [-0.15, -0.1) is 0 Å². The van der Waals surface area contributed by atoms with Crippen LogP contribution in [0.4, 0.5) is 0 Å². The molecule has 5 rings (SSSR count). The number of hydrogen-bond acceptors (Lipinski definition) is 2. The molecule has 2 unspecified atom stereocenters. The summed E-state index contributed by atoms with van der Waals surface area (Å²) >= 11 is 0. The topological polar surface area (TPSA) is 24.1 Å². The molecule has 1 heterocycles. The van der Waals surface area contributed by atoms with Crippen LogP contribution in [0.2, 0.25) is 0 Å². The molecular weight excluding hydrogens is 316 g/mol. The second kappa shape index (κ2) is 5.68. The first kappa shape index (κ1) is 16.5. The van der Waals surface area contributed by atoms with Gasteiger partial charge in [-0.05, 0) is 40.7 Å². The third kappa shape index (κ3) is 2.12. The number of fused-ring (bicyclic) bond motifs is 5. The lowest BCUT2D eigenvalue weighted by atomic mass is 9.68. The highest BCUT2D eigenvalue weighted by atomic mass is 15.2. The third-order valence-corrected chi connectivity index (χ3v) is 8.23. The van der Waals surface area contributed by atoms with Crippen molar-refractivity contribution < 1.29 is 0 Å². The summed E-state index contributed by atoms with van der Waals surface area (Å²) in [6, 6.07) is 23.7. The zero-order chi connectivity index (χ0) is 17.9. The van der Waals surface area contributed by atoms with Gasteiger partial charge in [-0.2, -0.15) is 0 Å². The van der Waals surface area contributed by atoms with Crippen molar-refractivity contribution in [1.29, 1.82) is 0 Å². The van der Waals surface area contributed by atoms with Gasteiger partial charge in [-0.3, -0.25) is 0 Å². The predicted molar refractivity (Wildman–Crippen MR) is 107 cm³/mol. The molecule has 1 aliphatic heterocycles. The molecule has 0 spiro atoms. The molecule has 26 heavy (non-hydrogen) atoms. The Morgan fingerprint density at radius 2 is 1.31 bits per heavy atom. The molecule has 1 saturated heterocycles. The minimum Gasteiger partial charge on any atom is -0.304 e. The molecule has 2 saturated carbocycles. The molecule has 2 heteroatoms. The average molecular weight is 347 g/mol. The largest absolute Gasteiger partial charge is 0.304 e. The Morgan fingerprint density at radius 1 is 0.769 bits per heavy atom. The van der Waals surface area contributed by atoms with E-state index in [0.717, 1.165) is 5.92 Å². The van der Waals surface area contributed by atoms with Gasteiger partial charge in [-0.25, -0.2) is 0 Å². The van der Waals surface area contributed by atoms with Crippen LogP contribution in [0.15, 0.2) is 60.7 Å². The van der Waals surface area contributed by atoms with Crippen LogP contribution in [-0.2, 0) is 0 Å². The van der Waals surface area contributed by atoms with E-state index in [2.05, 4.69) is 92.1 Å². The quantitative estimate of drug-likeness (QED) is 0.812. The molecule has 136 valence electrons. The molecule has 3 aliphatic rings. The van der Waals surface area contributed by atoms with Crippen LogP contribution in [0.25, 0.3) is 0 Å². The summed E-state index contributed by atoms with van der Waals surface area (Å²) in [6.07, 6.45) is 2.70. The Hall–Kier alpha value is -1.64. The summed E-state index contributed by atoms with van der Waals surface area (Å²) in [5.74, 6) is 0.757. The number of benzene rings is 2. The molecule has 6 atom stereocenters. The molecule has 2 nitrogen and oxygen atoms in total. The normalized spacial score (nSPS) is 40.3. The van der Waals surface area contributed by atoms with E-state index < -0.39 is 0 Å². The van der Waals surface area contributed by atoms with E-state index in [9.17, 15) is 0 Å². The van der Waals surface area contributed by atoms with Crippen molar-refractivity contribution in [2.75, 3.05) is 0 Å². The van der Waals surface area contributed by atoms with Crippen molar-refractivity contribution in [2.24, 2.45) is 16.7 Å². The maximum Gasteiger partial charge on any atom is 0.0521 e. The van der Waals surface area contributed by atoms with Crippen LogP contribution < -0.4 is 10.6 Å².